The molecular weight excluding hydrogens is 360 g/mol. The number of Topliss-reactive ketones (excluding diaryl/α,β-unsaturated/α-hetero) is 1. The lowest BCUT2D eigenvalue weighted by molar-refractivity contribution is -0.139. The molecule has 2 aromatic rings. The summed E-state index contributed by atoms with van der Waals surface area (Å²) in [5.41, 5.74) is 0.422. The summed E-state index contributed by atoms with van der Waals surface area (Å²) in [6.07, 6.45) is 0.924. The number of pyridine rings is 1. The largest absolute Gasteiger partial charge is 0.480 e. The standard InChI is InChI=1S/C21H22N2O5/c1-21(2)10-16-13(17(24)11-21)9-14(19(26)23-16)18(25)22-15(20(27)28)8-12-6-4-3-5-7-12/h3-7,9,15H,8,10-11H2,1-2H3,(H,22,25)(H,23,26)(H,27,28)/t15-/m0/s1. The Morgan fingerprint density at radius 3 is 2.50 bits per heavy atom. The van der Waals surface area contributed by atoms with E-state index in [-0.39, 0.29) is 23.2 Å². The average Bonchev–Trinajstić information content (AvgIpc) is 2.60. The molecule has 28 heavy (non-hydrogen) atoms. The Bertz CT molecular complexity index is 992. The van der Waals surface area contributed by atoms with Crippen LogP contribution in [0.1, 0.15) is 52.2 Å². The fourth-order valence-electron chi connectivity index (χ4n) is 3.48. The molecule has 0 spiro atoms. The van der Waals surface area contributed by atoms with Crippen molar-refractivity contribution in [2.24, 2.45) is 5.41 Å². The highest BCUT2D eigenvalue weighted by Crippen LogP contribution is 2.33. The van der Waals surface area contributed by atoms with Crippen molar-refractivity contribution >= 4 is 17.7 Å². The zero-order chi connectivity index (χ0) is 20.5. The number of ketones is 1. The topological polar surface area (TPSA) is 116 Å². The van der Waals surface area contributed by atoms with Crippen LogP contribution in [0.25, 0.3) is 0 Å². The molecule has 0 bridgehead atoms. The average molecular weight is 382 g/mol. The van der Waals surface area contributed by atoms with Gasteiger partial charge in [-0.1, -0.05) is 44.2 Å². The van der Waals surface area contributed by atoms with Crippen molar-refractivity contribution in [1.29, 1.82) is 0 Å². The van der Waals surface area contributed by atoms with Crippen LogP contribution in [0.4, 0.5) is 0 Å². The Morgan fingerprint density at radius 2 is 1.86 bits per heavy atom. The summed E-state index contributed by atoms with van der Waals surface area (Å²) in [5, 5.41) is 11.8. The number of rotatable bonds is 5. The van der Waals surface area contributed by atoms with Crippen LogP contribution in [0.15, 0.2) is 41.2 Å². The molecule has 1 aliphatic rings. The summed E-state index contributed by atoms with van der Waals surface area (Å²) in [5.74, 6) is -2.16. The first-order valence-corrected chi connectivity index (χ1v) is 9.03. The number of amides is 1. The minimum atomic E-state index is -1.20. The van der Waals surface area contributed by atoms with Crippen LogP contribution >= 0.6 is 0 Å². The van der Waals surface area contributed by atoms with E-state index in [1.807, 2.05) is 19.9 Å². The summed E-state index contributed by atoms with van der Waals surface area (Å²) in [6, 6.07) is 8.96. The number of carbonyl (C=O) groups is 3. The number of aromatic nitrogens is 1. The Hall–Kier alpha value is -3.22. The fourth-order valence-corrected chi connectivity index (χ4v) is 3.48. The lowest BCUT2D eigenvalue weighted by Gasteiger charge is -2.29. The number of carboxylic acids is 1. The van der Waals surface area contributed by atoms with Gasteiger partial charge >= 0.3 is 5.97 Å². The van der Waals surface area contributed by atoms with Crippen LogP contribution in [0.3, 0.4) is 0 Å². The molecule has 1 aromatic heterocycles. The molecule has 1 aromatic carbocycles. The van der Waals surface area contributed by atoms with E-state index in [4.69, 9.17) is 0 Å². The van der Waals surface area contributed by atoms with Gasteiger partial charge in [-0.05, 0) is 23.5 Å². The first-order chi connectivity index (χ1) is 13.2. The number of hydrogen-bond donors (Lipinski definition) is 3. The number of H-pyrrole nitrogens is 1. The minimum absolute atomic E-state index is 0.0812. The summed E-state index contributed by atoms with van der Waals surface area (Å²) >= 11 is 0. The third-order valence-electron chi connectivity index (χ3n) is 4.85. The molecule has 0 fully saturated rings. The molecule has 0 saturated carbocycles. The molecular formula is C21H22N2O5. The van der Waals surface area contributed by atoms with E-state index in [1.165, 1.54) is 6.07 Å². The molecule has 7 heteroatoms. The number of hydrogen-bond acceptors (Lipinski definition) is 4. The smallest absolute Gasteiger partial charge is 0.326 e. The van der Waals surface area contributed by atoms with Crippen molar-refractivity contribution < 1.29 is 19.5 Å². The molecule has 0 radical (unpaired) electrons. The second kappa shape index (κ2) is 7.42. The van der Waals surface area contributed by atoms with Gasteiger partial charge in [-0.3, -0.25) is 14.4 Å². The van der Waals surface area contributed by atoms with E-state index in [9.17, 15) is 24.3 Å². The van der Waals surface area contributed by atoms with Crippen molar-refractivity contribution in [3.05, 3.63) is 69.1 Å². The number of fused-ring (bicyclic) bond motifs is 1. The summed E-state index contributed by atoms with van der Waals surface area (Å²) in [7, 11) is 0. The van der Waals surface area contributed by atoms with Crippen LogP contribution < -0.4 is 10.9 Å². The van der Waals surface area contributed by atoms with E-state index >= 15 is 0 Å². The van der Waals surface area contributed by atoms with Gasteiger partial charge in [0.2, 0.25) is 0 Å². The maximum atomic E-state index is 12.6. The van der Waals surface area contributed by atoms with Crippen molar-refractivity contribution in [2.45, 2.75) is 39.2 Å². The number of carbonyl (C=O) groups excluding carboxylic acids is 2. The number of benzene rings is 1. The first kappa shape index (κ1) is 19.5. The lowest BCUT2D eigenvalue weighted by Crippen LogP contribution is -2.44. The van der Waals surface area contributed by atoms with Gasteiger partial charge in [0.1, 0.15) is 11.6 Å². The maximum Gasteiger partial charge on any atom is 0.326 e. The molecule has 1 amide bonds. The fraction of sp³-hybridized carbons (Fsp3) is 0.333. The van der Waals surface area contributed by atoms with Gasteiger partial charge in [0, 0.05) is 24.1 Å². The van der Waals surface area contributed by atoms with E-state index in [2.05, 4.69) is 10.3 Å². The molecule has 3 rings (SSSR count). The Labute approximate surface area is 161 Å². The molecule has 7 nitrogen and oxygen atoms in total. The molecule has 1 heterocycles. The normalized spacial score (nSPS) is 16.1. The van der Waals surface area contributed by atoms with Gasteiger partial charge in [0.15, 0.2) is 5.78 Å². The predicted molar refractivity (Wildman–Crippen MR) is 103 cm³/mol. The summed E-state index contributed by atoms with van der Waals surface area (Å²) in [6.45, 7) is 3.88. The van der Waals surface area contributed by atoms with E-state index < -0.39 is 23.5 Å². The molecule has 3 N–H and O–H groups in total. The van der Waals surface area contributed by atoms with Gasteiger partial charge in [0.25, 0.3) is 11.5 Å². The first-order valence-electron chi connectivity index (χ1n) is 9.03. The molecule has 0 aliphatic heterocycles. The van der Waals surface area contributed by atoms with Crippen molar-refractivity contribution in [3.63, 3.8) is 0 Å². The monoisotopic (exact) mass is 382 g/mol. The van der Waals surface area contributed by atoms with E-state index in [0.717, 1.165) is 5.56 Å². The molecule has 1 aliphatic carbocycles. The Kier molecular flexibility index (Phi) is 5.18. The van der Waals surface area contributed by atoms with E-state index in [0.29, 0.717) is 24.1 Å². The zero-order valence-corrected chi connectivity index (χ0v) is 15.7. The van der Waals surface area contributed by atoms with Gasteiger partial charge in [0.05, 0.1) is 0 Å². The third-order valence-corrected chi connectivity index (χ3v) is 4.85. The molecule has 0 unspecified atom stereocenters. The van der Waals surface area contributed by atoms with Crippen molar-refractivity contribution in [1.82, 2.24) is 10.3 Å². The van der Waals surface area contributed by atoms with Gasteiger partial charge in [-0.2, -0.15) is 0 Å². The third kappa shape index (κ3) is 4.19. The highest BCUT2D eigenvalue weighted by Gasteiger charge is 2.33. The maximum absolute atomic E-state index is 12.6. The highest BCUT2D eigenvalue weighted by atomic mass is 16.4. The predicted octanol–water partition coefficient (Wildman–Crippen LogP) is 1.96. The van der Waals surface area contributed by atoms with Crippen LogP contribution in [-0.2, 0) is 17.6 Å². The lowest BCUT2D eigenvalue weighted by atomic mass is 9.75. The Balaban J connectivity index is 1.86. The molecule has 0 saturated heterocycles. The molecule has 1 atom stereocenters. The summed E-state index contributed by atoms with van der Waals surface area (Å²) < 4.78 is 0. The van der Waals surface area contributed by atoms with Crippen LogP contribution in [0.2, 0.25) is 0 Å². The second-order valence-electron chi connectivity index (χ2n) is 7.90. The van der Waals surface area contributed by atoms with Crippen molar-refractivity contribution in [3.8, 4) is 0 Å². The van der Waals surface area contributed by atoms with Crippen LogP contribution in [-0.4, -0.2) is 33.8 Å². The number of aromatic amines is 1. The minimum Gasteiger partial charge on any atom is -0.480 e. The van der Waals surface area contributed by atoms with Gasteiger partial charge in [-0.25, -0.2) is 4.79 Å². The number of carboxylic acid groups (broad SMARTS) is 1. The second-order valence-corrected chi connectivity index (χ2v) is 7.90. The number of aliphatic carboxylic acids is 1. The van der Waals surface area contributed by atoms with Crippen molar-refractivity contribution in [2.75, 3.05) is 0 Å². The quantitative estimate of drug-likeness (QED) is 0.731. The van der Waals surface area contributed by atoms with Gasteiger partial charge < -0.3 is 15.4 Å². The SMILES string of the molecule is CC1(C)CC(=O)c2cc(C(=O)N[C@@H](Cc3ccccc3)C(=O)O)c(=O)[nH]c2C1. The van der Waals surface area contributed by atoms with Crippen LogP contribution in [0.5, 0.6) is 0 Å². The van der Waals surface area contributed by atoms with Gasteiger partial charge in [-0.15, -0.1) is 0 Å². The molecule has 146 valence electrons. The highest BCUT2D eigenvalue weighted by molar-refractivity contribution is 6.02. The van der Waals surface area contributed by atoms with Crippen LogP contribution in [0, 0.1) is 5.41 Å². The summed E-state index contributed by atoms with van der Waals surface area (Å²) in [4.78, 5) is 51.6. The number of nitrogens with one attached hydrogen (secondary N) is 2. The van der Waals surface area contributed by atoms with E-state index in [1.54, 1.807) is 24.3 Å². The zero-order valence-electron chi connectivity index (χ0n) is 15.7. The Morgan fingerprint density at radius 1 is 1.18 bits per heavy atom.